The fraction of sp³-hybridized carbons (Fsp3) is 0.333. The van der Waals surface area contributed by atoms with Crippen LogP contribution in [-0.4, -0.2) is 39.2 Å². The quantitative estimate of drug-likeness (QED) is 0.508. The number of hydrogen-bond donors (Lipinski definition) is 1. The summed E-state index contributed by atoms with van der Waals surface area (Å²) < 4.78 is 4.40. The molecule has 3 aromatic rings. The molecule has 0 aliphatic carbocycles. The Bertz CT molecular complexity index is 449. The van der Waals surface area contributed by atoms with E-state index in [0.29, 0.717) is 6.61 Å². The van der Waals surface area contributed by atoms with Crippen LogP contribution in [0.1, 0.15) is 43.5 Å². The van der Waals surface area contributed by atoms with Gasteiger partial charge in [0.1, 0.15) is 0 Å². The molecule has 3 heterocycles. The van der Waals surface area contributed by atoms with Crippen LogP contribution in [0.4, 0.5) is 0 Å². The molecular formula is C24H41N3O3. The number of aliphatic hydroxyl groups excluding tert-OH is 1. The highest BCUT2D eigenvalue weighted by Crippen LogP contribution is 1.75. The highest BCUT2D eigenvalue weighted by Gasteiger charge is 1.81. The number of aromatic nitrogens is 3. The summed E-state index contributed by atoms with van der Waals surface area (Å²) in [6, 6.07) is 17.1. The van der Waals surface area contributed by atoms with E-state index in [1.165, 1.54) is 6.92 Å². The van der Waals surface area contributed by atoms with Crippen molar-refractivity contribution in [2.45, 2.75) is 42.0 Å². The summed E-state index contributed by atoms with van der Waals surface area (Å²) in [7, 11) is 0. The van der Waals surface area contributed by atoms with Gasteiger partial charge in [-0.2, -0.15) is 0 Å². The number of carbonyl (C=O) groups excluding carboxylic acids is 1. The third kappa shape index (κ3) is 44.4. The first-order valence-corrected chi connectivity index (χ1v) is 9.48. The molecule has 0 fully saturated rings. The van der Waals surface area contributed by atoms with Crippen molar-refractivity contribution in [3.05, 3.63) is 91.8 Å². The normalized spacial score (nSPS) is 7.13. The molecule has 170 valence electrons. The number of rotatable bonds is 1. The van der Waals surface area contributed by atoms with Crippen LogP contribution in [0.3, 0.4) is 0 Å². The van der Waals surface area contributed by atoms with Crippen molar-refractivity contribution >= 4 is 5.97 Å². The number of carbonyl (C=O) groups is 1. The van der Waals surface area contributed by atoms with Crippen LogP contribution in [0.2, 0.25) is 0 Å². The van der Waals surface area contributed by atoms with E-state index in [9.17, 15) is 4.79 Å². The van der Waals surface area contributed by atoms with Gasteiger partial charge in [0, 0.05) is 52.1 Å². The summed E-state index contributed by atoms with van der Waals surface area (Å²) in [4.78, 5) is 21.2. The summed E-state index contributed by atoms with van der Waals surface area (Å²) in [6.07, 6.45) is 10.5. The zero-order valence-corrected chi connectivity index (χ0v) is 18.2. The summed E-state index contributed by atoms with van der Waals surface area (Å²) in [5, 5.41) is 7.57. The zero-order valence-electron chi connectivity index (χ0n) is 18.2. The number of aliphatic hydroxyl groups is 1. The van der Waals surface area contributed by atoms with E-state index in [1.54, 1.807) is 51.0 Å². The fourth-order valence-electron chi connectivity index (χ4n) is 1.14. The van der Waals surface area contributed by atoms with E-state index in [4.69, 9.17) is 5.11 Å². The Balaban J connectivity index is -0.0000000889. The van der Waals surface area contributed by atoms with Gasteiger partial charge >= 0.3 is 5.97 Å². The Morgan fingerprint density at radius 3 is 1.00 bits per heavy atom. The Hall–Kier alpha value is -3.12. The van der Waals surface area contributed by atoms with Gasteiger partial charge in [-0.05, 0) is 50.2 Å². The average Bonchev–Trinajstić information content (AvgIpc) is 2.80. The van der Waals surface area contributed by atoms with Crippen molar-refractivity contribution < 1.29 is 16.1 Å². The first-order chi connectivity index (χ1) is 14.2. The second-order valence-electron chi connectivity index (χ2n) is 4.31. The van der Waals surface area contributed by atoms with Crippen molar-refractivity contribution in [2.24, 2.45) is 0 Å². The second kappa shape index (κ2) is 36.7. The standard InChI is InChI=1S/3C5H5N.C4H8O2.C2H6O.C2H6.CH4.H2/c3*1-2-4-6-5-3-1;1-3-6-4(2)5;1-2-3;1-2;;/h3*1-5H;3H2,1-2H3;3H,2H2,1H3;1-2H3;1H4;1H. The Morgan fingerprint density at radius 2 is 0.967 bits per heavy atom. The third-order valence-corrected chi connectivity index (χ3v) is 2.05. The molecule has 0 aliphatic rings. The number of pyridine rings is 3. The fourth-order valence-corrected chi connectivity index (χ4v) is 1.14. The van der Waals surface area contributed by atoms with Crippen LogP contribution in [0.25, 0.3) is 0 Å². The number of nitrogens with zero attached hydrogens (tertiary/aromatic N) is 3. The maximum Gasteiger partial charge on any atom is 0.302 e. The molecular weight excluding hydrogens is 378 g/mol. The van der Waals surface area contributed by atoms with Crippen LogP contribution in [-0.2, 0) is 9.53 Å². The molecule has 0 aliphatic heterocycles. The SMILES string of the molecule is C.CC.CCO.CCOC(C)=O.[HH].c1ccncc1.c1ccncc1.c1ccncc1. The molecule has 0 bridgehead atoms. The monoisotopic (exact) mass is 419 g/mol. The van der Waals surface area contributed by atoms with E-state index < -0.39 is 0 Å². The first kappa shape index (κ1) is 34.4. The molecule has 0 spiro atoms. The minimum Gasteiger partial charge on any atom is -0.466 e. The summed E-state index contributed by atoms with van der Waals surface area (Å²) in [5.41, 5.74) is 0. The smallest absolute Gasteiger partial charge is 0.302 e. The highest BCUT2D eigenvalue weighted by molar-refractivity contribution is 5.65. The molecule has 3 aromatic heterocycles. The number of ether oxygens (including phenoxy) is 1. The molecule has 0 radical (unpaired) electrons. The van der Waals surface area contributed by atoms with Crippen molar-refractivity contribution in [3.63, 3.8) is 0 Å². The van der Waals surface area contributed by atoms with E-state index in [-0.39, 0.29) is 21.4 Å². The molecule has 6 heteroatoms. The van der Waals surface area contributed by atoms with Crippen molar-refractivity contribution in [2.75, 3.05) is 13.2 Å². The molecule has 0 unspecified atom stereocenters. The minimum atomic E-state index is -0.211. The highest BCUT2D eigenvalue weighted by atomic mass is 16.5. The predicted octanol–water partition coefficient (Wildman–Crippen LogP) is 5.72. The first-order valence-electron chi connectivity index (χ1n) is 9.48. The van der Waals surface area contributed by atoms with Gasteiger partial charge < -0.3 is 9.84 Å². The third-order valence-electron chi connectivity index (χ3n) is 2.05. The lowest BCUT2D eigenvalue weighted by atomic mass is 10.5. The predicted molar refractivity (Wildman–Crippen MR) is 128 cm³/mol. The number of hydrogen-bond acceptors (Lipinski definition) is 6. The molecule has 0 saturated heterocycles. The van der Waals surface area contributed by atoms with Crippen LogP contribution in [0, 0.1) is 0 Å². The van der Waals surface area contributed by atoms with Crippen molar-refractivity contribution in [3.8, 4) is 0 Å². The second-order valence-corrected chi connectivity index (χ2v) is 4.31. The lowest BCUT2D eigenvalue weighted by Crippen LogP contribution is -1.95. The molecule has 3 rings (SSSR count). The largest absolute Gasteiger partial charge is 0.466 e. The van der Waals surface area contributed by atoms with E-state index >= 15 is 0 Å². The zero-order chi connectivity index (χ0) is 22.4. The summed E-state index contributed by atoms with van der Waals surface area (Å²) >= 11 is 0. The van der Waals surface area contributed by atoms with Crippen molar-refractivity contribution in [1.29, 1.82) is 0 Å². The van der Waals surface area contributed by atoms with Gasteiger partial charge in [0.2, 0.25) is 0 Å². The van der Waals surface area contributed by atoms with Gasteiger partial charge in [-0.1, -0.05) is 39.5 Å². The van der Waals surface area contributed by atoms with Gasteiger partial charge in [0.15, 0.2) is 0 Å². The Kier molecular flexibility index (Phi) is 42.1. The molecule has 1 N–H and O–H groups in total. The van der Waals surface area contributed by atoms with Gasteiger partial charge in [-0.25, -0.2) is 0 Å². The van der Waals surface area contributed by atoms with E-state index in [2.05, 4.69) is 19.7 Å². The average molecular weight is 420 g/mol. The number of esters is 1. The van der Waals surface area contributed by atoms with Gasteiger partial charge in [0.25, 0.3) is 0 Å². The molecule has 6 nitrogen and oxygen atoms in total. The van der Waals surface area contributed by atoms with Gasteiger partial charge in [0.05, 0.1) is 6.61 Å². The summed E-state index contributed by atoms with van der Waals surface area (Å²) in [6.45, 7) is 9.58. The molecule has 0 aromatic carbocycles. The minimum absolute atomic E-state index is 0. The molecule has 0 amide bonds. The van der Waals surface area contributed by atoms with Crippen LogP contribution >= 0.6 is 0 Å². The topological polar surface area (TPSA) is 85.2 Å². The van der Waals surface area contributed by atoms with E-state index in [0.717, 1.165) is 0 Å². The molecule has 0 atom stereocenters. The Morgan fingerprint density at radius 1 is 0.733 bits per heavy atom. The maximum atomic E-state index is 9.82. The van der Waals surface area contributed by atoms with Crippen LogP contribution < -0.4 is 0 Å². The van der Waals surface area contributed by atoms with Gasteiger partial charge in [-0.3, -0.25) is 19.7 Å². The van der Waals surface area contributed by atoms with Gasteiger partial charge in [-0.15, -0.1) is 0 Å². The molecule has 0 saturated carbocycles. The Labute approximate surface area is 184 Å². The van der Waals surface area contributed by atoms with Crippen LogP contribution in [0.5, 0.6) is 0 Å². The summed E-state index contributed by atoms with van der Waals surface area (Å²) in [5.74, 6) is -0.211. The maximum absolute atomic E-state index is 9.82. The van der Waals surface area contributed by atoms with Crippen molar-refractivity contribution in [1.82, 2.24) is 15.0 Å². The van der Waals surface area contributed by atoms with Crippen LogP contribution in [0.15, 0.2) is 91.8 Å². The molecule has 30 heavy (non-hydrogen) atoms. The lowest BCUT2D eigenvalue weighted by molar-refractivity contribution is -0.140. The lowest BCUT2D eigenvalue weighted by Gasteiger charge is -1.89. The van der Waals surface area contributed by atoms with E-state index in [1.807, 2.05) is 68.4 Å².